The van der Waals surface area contributed by atoms with Crippen molar-refractivity contribution < 1.29 is 14.7 Å². The van der Waals surface area contributed by atoms with Gasteiger partial charge in [-0.05, 0) is 0 Å². The molecule has 0 aromatic rings. The van der Waals surface area contributed by atoms with Crippen molar-refractivity contribution in [3.8, 4) is 0 Å². The Morgan fingerprint density at radius 1 is 1.46 bits per heavy atom. The molecule has 0 spiro atoms. The highest BCUT2D eigenvalue weighted by Crippen LogP contribution is 1.90. The maximum Gasteiger partial charge on any atom is 0.312 e. The summed E-state index contributed by atoms with van der Waals surface area (Å²) in [6, 6.07) is -0.576. The first kappa shape index (κ1) is 11.7. The molecule has 0 fully saturated rings. The van der Waals surface area contributed by atoms with Crippen molar-refractivity contribution in [2.75, 3.05) is 19.6 Å². The van der Waals surface area contributed by atoms with E-state index in [9.17, 15) is 9.59 Å². The SMILES string of the molecule is CC(CNCCNC(N)=O)C(=O)O. The first-order valence-corrected chi connectivity index (χ1v) is 4.01. The number of rotatable bonds is 6. The van der Waals surface area contributed by atoms with Crippen LogP contribution in [-0.4, -0.2) is 36.7 Å². The molecule has 5 N–H and O–H groups in total. The molecule has 0 aliphatic carbocycles. The number of carboxylic acids is 1. The number of amides is 2. The molecule has 0 rings (SSSR count). The fraction of sp³-hybridized carbons (Fsp3) is 0.714. The molecule has 0 aliphatic heterocycles. The Labute approximate surface area is 76.5 Å². The van der Waals surface area contributed by atoms with E-state index in [2.05, 4.69) is 10.6 Å². The van der Waals surface area contributed by atoms with Crippen molar-refractivity contribution in [1.29, 1.82) is 0 Å². The van der Waals surface area contributed by atoms with E-state index in [0.717, 1.165) is 0 Å². The average Bonchev–Trinajstić information content (AvgIpc) is 2.02. The van der Waals surface area contributed by atoms with E-state index in [1.54, 1.807) is 6.92 Å². The van der Waals surface area contributed by atoms with Crippen LogP contribution in [0.15, 0.2) is 0 Å². The number of carbonyl (C=O) groups is 2. The molecule has 0 bridgehead atoms. The molecular weight excluding hydrogens is 174 g/mol. The number of primary amides is 1. The van der Waals surface area contributed by atoms with Crippen molar-refractivity contribution in [1.82, 2.24) is 10.6 Å². The van der Waals surface area contributed by atoms with Gasteiger partial charge in [-0.25, -0.2) is 4.79 Å². The Kier molecular flexibility index (Phi) is 5.62. The molecule has 0 saturated heterocycles. The lowest BCUT2D eigenvalue weighted by Gasteiger charge is -2.07. The zero-order chi connectivity index (χ0) is 10.3. The molecule has 6 heteroatoms. The second kappa shape index (κ2) is 6.24. The summed E-state index contributed by atoms with van der Waals surface area (Å²) in [5.41, 5.74) is 4.81. The number of hydrogen-bond donors (Lipinski definition) is 4. The molecule has 0 aliphatic rings. The van der Waals surface area contributed by atoms with Gasteiger partial charge < -0.3 is 21.5 Å². The Balaban J connectivity index is 3.26. The van der Waals surface area contributed by atoms with E-state index in [-0.39, 0.29) is 0 Å². The highest BCUT2D eigenvalue weighted by Gasteiger charge is 2.08. The number of nitrogens with one attached hydrogen (secondary N) is 2. The first-order valence-electron chi connectivity index (χ1n) is 4.01. The third-order valence-electron chi connectivity index (χ3n) is 1.47. The quantitative estimate of drug-likeness (QED) is 0.401. The second-order valence-corrected chi connectivity index (χ2v) is 2.73. The molecule has 1 atom stereocenters. The predicted molar refractivity (Wildman–Crippen MR) is 47.3 cm³/mol. The third kappa shape index (κ3) is 7.07. The van der Waals surface area contributed by atoms with Gasteiger partial charge in [0.15, 0.2) is 0 Å². The smallest absolute Gasteiger partial charge is 0.312 e. The van der Waals surface area contributed by atoms with E-state index in [0.29, 0.717) is 19.6 Å². The van der Waals surface area contributed by atoms with Crippen LogP contribution < -0.4 is 16.4 Å². The van der Waals surface area contributed by atoms with Gasteiger partial charge in [0, 0.05) is 19.6 Å². The van der Waals surface area contributed by atoms with Gasteiger partial charge in [-0.15, -0.1) is 0 Å². The lowest BCUT2D eigenvalue weighted by Crippen LogP contribution is -2.37. The summed E-state index contributed by atoms with van der Waals surface area (Å²) in [4.78, 5) is 20.5. The van der Waals surface area contributed by atoms with Gasteiger partial charge in [0.2, 0.25) is 0 Å². The van der Waals surface area contributed by atoms with Gasteiger partial charge in [0.05, 0.1) is 5.92 Å². The predicted octanol–water partition coefficient (Wildman–Crippen LogP) is -1.03. The summed E-state index contributed by atoms with van der Waals surface area (Å²) in [6.45, 7) is 2.91. The Bertz CT molecular complexity index is 184. The average molecular weight is 189 g/mol. The van der Waals surface area contributed by atoms with E-state index in [1.165, 1.54) is 0 Å². The Morgan fingerprint density at radius 2 is 2.08 bits per heavy atom. The lowest BCUT2D eigenvalue weighted by atomic mass is 10.2. The summed E-state index contributed by atoms with van der Waals surface area (Å²) in [7, 11) is 0. The fourth-order valence-corrected chi connectivity index (χ4v) is 0.680. The number of carboxylic acid groups (broad SMARTS) is 1. The number of carbonyl (C=O) groups excluding carboxylic acids is 1. The Hall–Kier alpha value is -1.30. The van der Waals surface area contributed by atoms with Crippen molar-refractivity contribution in [2.24, 2.45) is 11.7 Å². The maximum atomic E-state index is 10.3. The summed E-state index contributed by atoms with van der Waals surface area (Å²) < 4.78 is 0. The van der Waals surface area contributed by atoms with Gasteiger partial charge in [-0.1, -0.05) is 6.92 Å². The molecule has 6 nitrogen and oxygen atoms in total. The standard InChI is InChI=1S/C7H15N3O3/c1-5(6(11)12)4-9-2-3-10-7(8)13/h5,9H,2-4H2,1H3,(H,11,12)(H3,8,10,13). The van der Waals surface area contributed by atoms with Crippen molar-refractivity contribution in [2.45, 2.75) is 6.92 Å². The topological polar surface area (TPSA) is 104 Å². The van der Waals surface area contributed by atoms with E-state index < -0.39 is 17.9 Å². The van der Waals surface area contributed by atoms with Gasteiger partial charge in [-0.3, -0.25) is 4.79 Å². The highest BCUT2D eigenvalue weighted by molar-refractivity contribution is 5.71. The molecule has 13 heavy (non-hydrogen) atoms. The van der Waals surface area contributed by atoms with Gasteiger partial charge >= 0.3 is 12.0 Å². The van der Waals surface area contributed by atoms with Crippen LogP contribution in [-0.2, 0) is 4.79 Å². The maximum absolute atomic E-state index is 10.3. The summed E-state index contributed by atoms with van der Waals surface area (Å²) in [5.74, 6) is -1.26. The minimum absolute atomic E-state index is 0.385. The van der Waals surface area contributed by atoms with E-state index in [1.807, 2.05) is 0 Å². The molecule has 76 valence electrons. The van der Waals surface area contributed by atoms with Gasteiger partial charge in [0.25, 0.3) is 0 Å². The zero-order valence-electron chi connectivity index (χ0n) is 7.54. The molecule has 0 saturated carbocycles. The monoisotopic (exact) mass is 189 g/mol. The van der Waals surface area contributed by atoms with Crippen molar-refractivity contribution in [3.05, 3.63) is 0 Å². The fourth-order valence-electron chi connectivity index (χ4n) is 0.680. The zero-order valence-corrected chi connectivity index (χ0v) is 7.54. The van der Waals surface area contributed by atoms with E-state index in [4.69, 9.17) is 10.8 Å². The molecular formula is C7H15N3O3. The van der Waals surface area contributed by atoms with Crippen LogP contribution >= 0.6 is 0 Å². The van der Waals surface area contributed by atoms with Crippen molar-refractivity contribution >= 4 is 12.0 Å². The molecule has 2 amide bonds. The largest absolute Gasteiger partial charge is 0.481 e. The first-order chi connectivity index (χ1) is 6.04. The summed E-state index contributed by atoms with van der Waals surface area (Å²) in [6.07, 6.45) is 0. The molecule has 0 heterocycles. The van der Waals surface area contributed by atoms with Gasteiger partial charge in [0.1, 0.15) is 0 Å². The molecule has 1 unspecified atom stereocenters. The number of nitrogens with two attached hydrogens (primary N) is 1. The van der Waals surface area contributed by atoms with Gasteiger partial charge in [-0.2, -0.15) is 0 Å². The van der Waals surface area contributed by atoms with Crippen molar-refractivity contribution in [3.63, 3.8) is 0 Å². The lowest BCUT2D eigenvalue weighted by molar-refractivity contribution is -0.140. The van der Waals surface area contributed by atoms with Crippen LogP contribution in [0, 0.1) is 5.92 Å². The van der Waals surface area contributed by atoms with Crippen LogP contribution in [0.3, 0.4) is 0 Å². The van der Waals surface area contributed by atoms with E-state index >= 15 is 0 Å². The normalized spacial score (nSPS) is 12.1. The van der Waals surface area contributed by atoms with Crippen LogP contribution in [0.5, 0.6) is 0 Å². The highest BCUT2D eigenvalue weighted by atomic mass is 16.4. The minimum Gasteiger partial charge on any atom is -0.481 e. The molecule has 0 aromatic heterocycles. The number of hydrogen-bond acceptors (Lipinski definition) is 3. The van der Waals surface area contributed by atoms with Crippen LogP contribution in [0.25, 0.3) is 0 Å². The second-order valence-electron chi connectivity index (χ2n) is 2.73. The molecule has 0 aromatic carbocycles. The minimum atomic E-state index is -0.838. The summed E-state index contributed by atoms with van der Waals surface area (Å²) >= 11 is 0. The number of urea groups is 1. The molecule has 0 radical (unpaired) electrons. The number of aliphatic carboxylic acids is 1. The summed E-state index contributed by atoms with van der Waals surface area (Å²) in [5, 5.41) is 13.7. The Morgan fingerprint density at radius 3 is 2.54 bits per heavy atom. The third-order valence-corrected chi connectivity index (χ3v) is 1.47. The van der Waals surface area contributed by atoms with Crippen LogP contribution in [0.1, 0.15) is 6.92 Å². The van der Waals surface area contributed by atoms with Crippen LogP contribution in [0.2, 0.25) is 0 Å². The van der Waals surface area contributed by atoms with Crippen LogP contribution in [0.4, 0.5) is 4.79 Å².